The van der Waals surface area contributed by atoms with Gasteiger partial charge in [-0.15, -0.1) is 0 Å². The molecule has 0 aliphatic rings. The quantitative estimate of drug-likeness (QED) is 0.753. The zero-order chi connectivity index (χ0) is 16.6. The summed E-state index contributed by atoms with van der Waals surface area (Å²) in [5.41, 5.74) is 0.542. The molecule has 7 heteroatoms. The van der Waals surface area contributed by atoms with E-state index < -0.39 is 0 Å². The van der Waals surface area contributed by atoms with E-state index in [1.54, 1.807) is 12.1 Å². The van der Waals surface area contributed by atoms with Crippen molar-refractivity contribution in [3.63, 3.8) is 0 Å². The van der Waals surface area contributed by atoms with Crippen LogP contribution in [0.15, 0.2) is 44.1 Å². The molecular weight excluding hydrogens is 366 g/mol. The van der Waals surface area contributed by atoms with Crippen LogP contribution < -0.4 is 14.9 Å². The summed E-state index contributed by atoms with van der Waals surface area (Å²) in [6, 6.07) is 6.12. The summed E-state index contributed by atoms with van der Waals surface area (Å²) in [7, 11) is 2.96. The maximum absolute atomic E-state index is 12.3. The van der Waals surface area contributed by atoms with Crippen LogP contribution in [0.4, 0.5) is 0 Å². The second kappa shape index (κ2) is 5.92. The maximum Gasteiger partial charge on any atom is 0.193 e. The van der Waals surface area contributed by atoms with Gasteiger partial charge < -0.3 is 19.0 Å². The summed E-state index contributed by atoms with van der Waals surface area (Å²) in [5.74, 6) is 0.968. The van der Waals surface area contributed by atoms with Crippen molar-refractivity contribution in [1.82, 2.24) is 4.98 Å². The second-order valence-corrected chi connectivity index (χ2v) is 5.55. The lowest BCUT2D eigenvalue weighted by atomic mass is 10.2. The van der Waals surface area contributed by atoms with Crippen LogP contribution in [0.3, 0.4) is 0 Å². The highest BCUT2D eigenvalue weighted by molar-refractivity contribution is 9.10. The number of aromatic hydroxyl groups is 1. The van der Waals surface area contributed by atoms with E-state index in [1.165, 1.54) is 32.5 Å². The average molecular weight is 378 g/mol. The molecule has 6 nitrogen and oxygen atoms in total. The molecule has 0 amide bonds. The van der Waals surface area contributed by atoms with Gasteiger partial charge in [-0.1, -0.05) is 0 Å². The minimum Gasteiger partial charge on any atom is -0.503 e. The van der Waals surface area contributed by atoms with Crippen molar-refractivity contribution in [2.75, 3.05) is 14.2 Å². The molecule has 2 heterocycles. The van der Waals surface area contributed by atoms with Crippen LogP contribution in [0.1, 0.15) is 0 Å². The minimum absolute atomic E-state index is 0.0926. The number of benzene rings is 1. The second-order valence-electron chi connectivity index (χ2n) is 4.70. The molecule has 0 unspecified atom stereocenters. The van der Waals surface area contributed by atoms with E-state index >= 15 is 0 Å². The number of fused-ring (bicyclic) bond motifs is 1. The molecule has 3 aromatic rings. The van der Waals surface area contributed by atoms with Crippen LogP contribution in [0.5, 0.6) is 17.2 Å². The predicted molar refractivity (Wildman–Crippen MR) is 88.2 cm³/mol. The first-order valence-electron chi connectivity index (χ1n) is 6.58. The van der Waals surface area contributed by atoms with Gasteiger partial charge in [0.2, 0.25) is 0 Å². The van der Waals surface area contributed by atoms with E-state index in [-0.39, 0.29) is 22.7 Å². The Morgan fingerprint density at radius 1 is 1.13 bits per heavy atom. The highest BCUT2D eigenvalue weighted by atomic mass is 79.9. The molecule has 2 aromatic heterocycles. The largest absolute Gasteiger partial charge is 0.503 e. The first-order valence-corrected chi connectivity index (χ1v) is 7.37. The molecule has 0 bridgehead atoms. The first-order chi connectivity index (χ1) is 11.0. The highest BCUT2D eigenvalue weighted by Gasteiger charge is 2.13. The summed E-state index contributed by atoms with van der Waals surface area (Å²) in [6.07, 6.45) is 1.24. The molecule has 0 saturated carbocycles. The molecule has 23 heavy (non-hydrogen) atoms. The van der Waals surface area contributed by atoms with Gasteiger partial charge in [0.1, 0.15) is 17.0 Å². The molecule has 0 saturated heterocycles. The Labute approximate surface area is 139 Å². The van der Waals surface area contributed by atoms with Gasteiger partial charge >= 0.3 is 0 Å². The third-order valence-corrected chi connectivity index (χ3v) is 3.94. The molecule has 0 aliphatic carbocycles. The fourth-order valence-electron chi connectivity index (χ4n) is 2.17. The molecular formula is C16H12BrNO5. The van der Waals surface area contributed by atoms with E-state index in [9.17, 15) is 9.90 Å². The molecule has 0 fully saturated rings. The Bertz CT molecular complexity index is 951. The first kappa shape index (κ1) is 15.4. The van der Waals surface area contributed by atoms with E-state index in [0.717, 1.165) is 0 Å². The molecule has 1 aromatic carbocycles. The van der Waals surface area contributed by atoms with Gasteiger partial charge in [-0.25, -0.2) is 4.98 Å². The fourth-order valence-corrected chi connectivity index (χ4v) is 2.67. The number of hydrogen-bond donors (Lipinski definition) is 1. The number of halogens is 1. The van der Waals surface area contributed by atoms with Gasteiger partial charge in [0.15, 0.2) is 22.7 Å². The van der Waals surface area contributed by atoms with Crippen molar-refractivity contribution in [2.45, 2.75) is 0 Å². The molecule has 118 valence electrons. The number of ether oxygens (including phenoxy) is 2. The fraction of sp³-hybridized carbons (Fsp3) is 0.125. The topological polar surface area (TPSA) is 81.8 Å². The van der Waals surface area contributed by atoms with E-state index in [2.05, 4.69) is 20.9 Å². The van der Waals surface area contributed by atoms with Crippen molar-refractivity contribution in [3.8, 4) is 28.7 Å². The van der Waals surface area contributed by atoms with Gasteiger partial charge in [-0.3, -0.25) is 4.79 Å². The number of methoxy groups -OCH3 is 2. The Kier molecular flexibility index (Phi) is 3.96. The number of aromatic nitrogens is 1. The summed E-state index contributed by atoms with van der Waals surface area (Å²) in [5, 5.41) is 10.0. The molecule has 0 aliphatic heterocycles. The third kappa shape index (κ3) is 2.75. The Morgan fingerprint density at radius 2 is 1.87 bits per heavy atom. The number of pyridine rings is 1. The predicted octanol–water partition coefficient (Wildman–Crippen LogP) is 3.34. The lowest BCUT2D eigenvalue weighted by molar-refractivity contribution is 0.372. The number of rotatable bonds is 3. The molecule has 0 spiro atoms. The van der Waals surface area contributed by atoms with Crippen LogP contribution in [0.2, 0.25) is 0 Å². The van der Waals surface area contributed by atoms with Crippen LogP contribution >= 0.6 is 15.9 Å². The van der Waals surface area contributed by atoms with Crippen LogP contribution in [0.25, 0.3) is 22.4 Å². The normalized spacial score (nSPS) is 10.7. The molecule has 1 N–H and O–H groups in total. The Hall–Kier alpha value is -2.54. The van der Waals surface area contributed by atoms with Gasteiger partial charge in [-0.2, -0.15) is 0 Å². The van der Waals surface area contributed by atoms with Gasteiger partial charge in [-0.05, 0) is 22.0 Å². The smallest absolute Gasteiger partial charge is 0.193 e. The van der Waals surface area contributed by atoms with Crippen molar-refractivity contribution in [1.29, 1.82) is 0 Å². The zero-order valence-corrected chi connectivity index (χ0v) is 13.9. The summed E-state index contributed by atoms with van der Waals surface area (Å²) in [6.45, 7) is 0. The number of nitrogens with zero attached hydrogens (tertiary/aromatic N) is 1. The summed E-state index contributed by atoms with van der Waals surface area (Å²) in [4.78, 5) is 16.4. The van der Waals surface area contributed by atoms with Crippen LogP contribution in [-0.4, -0.2) is 24.3 Å². The Balaban J connectivity index is 2.23. The monoisotopic (exact) mass is 377 g/mol. The lowest BCUT2D eigenvalue weighted by Crippen LogP contribution is -2.01. The van der Waals surface area contributed by atoms with Crippen molar-refractivity contribution in [3.05, 3.63) is 45.2 Å². The SMILES string of the molecule is COc1cc(-c2cc(=O)c3cc(Br)c(OC)cc3o2)ncc1O. The van der Waals surface area contributed by atoms with E-state index in [1.807, 2.05) is 0 Å². The third-order valence-electron chi connectivity index (χ3n) is 3.32. The van der Waals surface area contributed by atoms with E-state index in [4.69, 9.17) is 13.9 Å². The highest BCUT2D eigenvalue weighted by Crippen LogP contribution is 2.32. The molecule has 0 atom stereocenters. The zero-order valence-electron chi connectivity index (χ0n) is 12.3. The summed E-state index contributed by atoms with van der Waals surface area (Å²) < 4.78 is 16.7. The van der Waals surface area contributed by atoms with Crippen molar-refractivity contribution in [2.24, 2.45) is 0 Å². The average Bonchev–Trinajstić information content (AvgIpc) is 2.55. The van der Waals surface area contributed by atoms with Crippen molar-refractivity contribution < 1.29 is 19.0 Å². The van der Waals surface area contributed by atoms with Gasteiger partial charge in [0, 0.05) is 18.2 Å². The standard InChI is InChI=1S/C16H12BrNO5/c1-21-14-6-13-8(3-9(14)17)11(19)5-15(23-13)10-4-16(22-2)12(20)7-18-10/h3-7,20H,1-2H3. The van der Waals surface area contributed by atoms with E-state index in [0.29, 0.717) is 26.9 Å². The van der Waals surface area contributed by atoms with Crippen molar-refractivity contribution >= 4 is 26.9 Å². The van der Waals surface area contributed by atoms with Crippen LogP contribution in [0, 0.1) is 0 Å². The van der Waals surface area contributed by atoms with Gasteiger partial charge in [0.25, 0.3) is 0 Å². The summed E-state index contributed by atoms with van der Waals surface area (Å²) >= 11 is 3.34. The van der Waals surface area contributed by atoms with Gasteiger partial charge in [0.05, 0.1) is 30.3 Å². The molecule has 0 radical (unpaired) electrons. The minimum atomic E-state index is -0.210. The lowest BCUT2D eigenvalue weighted by Gasteiger charge is -2.08. The van der Waals surface area contributed by atoms with Crippen LogP contribution in [-0.2, 0) is 0 Å². The number of hydrogen-bond acceptors (Lipinski definition) is 6. The molecule has 3 rings (SSSR count). The maximum atomic E-state index is 12.3. The Morgan fingerprint density at radius 3 is 2.57 bits per heavy atom.